The van der Waals surface area contributed by atoms with Crippen LogP contribution in [0.25, 0.3) is 11.0 Å². The highest BCUT2D eigenvalue weighted by Gasteiger charge is 2.31. The topological polar surface area (TPSA) is 90.0 Å². The Hall–Kier alpha value is -2.50. The number of imidazole rings is 1. The van der Waals surface area contributed by atoms with Crippen LogP contribution in [0.1, 0.15) is 36.8 Å². The van der Waals surface area contributed by atoms with E-state index in [9.17, 15) is 26.0 Å². The van der Waals surface area contributed by atoms with E-state index in [1.807, 2.05) is 0 Å². The molecule has 1 heterocycles. The van der Waals surface area contributed by atoms with E-state index in [1.165, 1.54) is 17.6 Å². The summed E-state index contributed by atoms with van der Waals surface area (Å²) in [4.78, 5) is 4.15. The molecule has 3 rings (SSSR count). The number of nitrogens with two attached hydrogens (primary N) is 1. The molecule has 0 aliphatic rings. The third kappa shape index (κ3) is 4.18. The SMILES string of the molecule is CCn1c([C@@H](C)NS(=O)(=O)c2ccc(F)c(CN)c2)nc2ccc(C(F)(F)F)cc21. The van der Waals surface area contributed by atoms with Crippen molar-refractivity contribution in [3.05, 3.63) is 59.2 Å². The van der Waals surface area contributed by atoms with Gasteiger partial charge < -0.3 is 10.3 Å². The van der Waals surface area contributed by atoms with Gasteiger partial charge in [0.15, 0.2) is 0 Å². The highest BCUT2D eigenvalue weighted by molar-refractivity contribution is 7.89. The van der Waals surface area contributed by atoms with Gasteiger partial charge in [0.25, 0.3) is 0 Å². The maximum absolute atomic E-state index is 13.6. The van der Waals surface area contributed by atoms with Crippen molar-refractivity contribution in [2.24, 2.45) is 5.73 Å². The Balaban J connectivity index is 1.99. The van der Waals surface area contributed by atoms with Crippen molar-refractivity contribution in [3.8, 4) is 0 Å². The normalized spacial score (nSPS) is 13.7. The summed E-state index contributed by atoms with van der Waals surface area (Å²) < 4.78 is 82.2. The summed E-state index contributed by atoms with van der Waals surface area (Å²) in [6.45, 7) is 3.37. The lowest BCUT2D eigenvalue weighted by Crippen LogP contribution is -2.29. The van der Waals surface area contributed by atoms with Crippen molar-refractivity contribution < 1.29 is 26.0 Å². The minimum atomic E-state index is -4.51. The summed E-state index contributed by atoms with van der Waals surface area (Å²) in [5.74, 6) is -0.352. The number of aryl methyl sites for hydroxylation is 1. The van der Waals surface area contributed by atoms with E-state index in [-0.39, 0.29) is 34.9 Å². The van der Waals surface area contributed by atoms with Gasteiger partial charge in [-0.05, 0) is 50.2 Å². The zero-order valence-electron chi connectivity index (χ0n) is 16.2. The number of hydrogen-bond acceptors (Lipinski definition) is 4. The molecule has 3 aromatic rings. The van der Waals surface area contributed by atoms with E-state index in [4.69, 9.17) is 5.73 Å². The van der Waals surface area contributed by atoms with Gasteiger partial charge in [0.2, 0.25) is 10.0 Å². The number of aromatic nitrogens is 2. The van der Waals surface area contributed by atoms with Gasteiger partial charge in [0.05, 0.1) is 27.5 Å². The molecule has 0 aliphatic carbocycles. The van der Waals surface area contributed by atoms with Gasteiger partial charge in [-0.1, -0.05) is 0 Å². The number of nitrogens with zero attached hydrogens (tertiary/aromatic N) is 2. The predicted octanol–water partition coefficient (Wildman–Crippen LogP) is 3.71. The van der Waals surface area contributed by atoms with E-state index in [0.29, 0.717) is 5.52 Å². The second-order valence-corrected chi connectivity index (χ2v) is 8.43. The van der Waals surface area contributed by atoms with Crippen molar-refractivity contribution >= 4 is 21.1 Å². The molecule has 0 radical (unpaired) electrons. The molecule has 0 spiro atoms. The van der Waals surface area contributed by atoms with Crippen molar-refractivity contribution in [1.82, 2.24) is 14.3 Å². The number of halogens is 4. The Labute approximate surface area is 170 Å². The zero-order chi connectivity index (χ0) is 22.3. The highest BCUT2D eigenvalue weighted by Crippen LogP contribution is 2.32. The highest BCUT2D eigenvalue weighted by atomic mass is 32.2. The summed E-state index contributed by atoms with van der Waals surface area (Å²) >= 11 is 0. The Morgan fingerprint density at radius 2 is 1.90 bits per heavy atom. The van der Waals surface area contributed by atoms with Crippen LogP contribution >= 0.6 is 0 Å². The van der Waals surface area contributed by atoms with Gasteiger partial charge in [-0.2, -0.15) is 13.2 Å². The fourth-order valence-corrected chi connectivity index (χ4v) is 4.46. The number of rotatable bonds is 6. The van der Waals surface area contributed by atoms with Crippen LogP contribution < -0.4 is 10.5 Å². The van der Waals surface area contributed by atoms with E-state index in [2.05, 4.69) is 9.71 Å². The van der Waals surface area contributed by atoms with Crippen LogP contribution in [0.4, 0.5) is 17.6 Å². The van der Waals surface area contributed by atoms with Crippen molar-refractivity contribution in [2.75, 3.05) is 0 Å². The summed E-state index contributed by atoms with van der Waals surface area (Å²) in [7, 11) is -4.06. The minimum absolute atomic E-state index is 0.0472. The van der Waals surface area contributed by atoms with Crippen LogP contribution in [-0.4, -0.2) is 18.0 Å². The van der Waals surface area contributed by atoms with Gasteiger partial charge in [-0.25, -0.2) is 22.5 Å². The van der Waals surface area contributed by atoms with Gasteiger partial charge >= 0.3 is 6.18 Å². The van der Waals surface area contributed by atoms with Crippen LogP contribution in [0.3, 0.4) is 0 Å². The fraction of sp³-hybridized carbons (Fsp3) is 0.316. The van der Waals surface area contributed by atoms with Crippen molar-refractivity contribution in [2.45, 2.75) is 44.1 Å². The number of hydrogen-bond donors (Lipinski definition) is 2. The molecule has 30 heavy (non-hydrogen) atoms. The van der Waals surface area contributed by atoms with E-state index in [1.54, 1.807) is 6.92 Å². The molecule has 0 bridgehead atoms. The van der Waals surface area contributed by atoms with Crippen LogP contribution in [0, 0.1) is 5.82 Å². The van der Waals surface area contributed by atoms with Crippen molar-refractivity contribution in [1.29, 1.82) is 0 Å². The van der Waals surface area contributed by atoms with Gasteiger partial charge in [0.1, 0.15) is 11.6 Å². The first kappa shape index (κ1) is 22.2. The molecule has 0 aliphatic heterocycles. The summed E-state index contributed by atoms with van der Waals surface area (Å²) in [5, 5.41) is 0. The molecule has 3 N–H and O–H groups in total. The maximum Gasteiger partial charge on any atom is 0.416 e. The molecular weight excluding hydrogens is 424 g/mol. The molecule has 0 saturated carbocycles. The minimum Gasteiger partial charge on any atom is -0.327 e. The van der Waals surface area contributed by atoms with Crippen LogP contribution in [0.5, 0.6) is 0 Å². The summed E-state index contributed by atoms with van der Waals surface area (Å²) in [6, 6.07) is 5.59. The zero-order valence-corrected chi connectivity index (χ0v) is 17.0. The lowest BCUT2D eigenvalue weighted by molar-refractivity contribution is -0.137. The fourth-order valence-electron chi connectivity index (χ4n) is 3.21. The van der Waals surface area contributed by atoms with Crippen molar-refractivity contribution in [3.63, 3.8) is 0 Å². The molecule has 1 atom stereocenters. The van der Waals surface area contributed by atoms with Gasteiger partial charge in [0, 0.05) is 18.7 Å². The third-order valence-corrected chi connectivity index (χ3v) is 6.23. The number of nitrogens with one attached hydrogen (secondary N) is 1. The smallest absolute Gasteiger partial charge is 0.327 e. The Kier molecular flexibility index (Phi) is 5.89. The molecule has 0 fully saturated rings. The first-order valence-corrected chi connectivity index (χ1v) is 10.5. The largest absolute Gasteiger partial charge is 0.416 e. The lowest BCUT2D eigenvalue weighted by Gasteiger charge is -2.16. The Morgan fingerprint density at radius 1 is 1.20 bits per heavy atom. The maximum atomic E-state index is 13.6. The lowest BCUT2D eigenvalue weighted by atomic mass is 10.2. The van der Waals surface area contributed by atoms with Crippen LogP contribution in [-0.2, 0) is 29.3 Å². The summed E-state index contributed by atoms with van der Waals surface area (Å²) in [6.07, 6.45) is -4.51. The quantitative estimate of drug-likeness (QED) is 0.567. The first-order valence-electron chi connectivity index (χ1n) is 9.06. The monoisotopic (exact) mass is 444 g/mol. The predicted molar refractivity (Wildman–Crippen MR) is 103 cm³/mol. The number of sulfonamides is 1. The third-order valence-electron chi connectivity index (χ3n) is 4.69. The standard InChI is InChI=1S/C19H20F4N4O2S/c1-3-27-17-9-13(19(21,22)23)4-7-16(17)25-18(27)11(2)26-30(28,29)14-5-6-15(20)12(8-14)10-24/h4-9,11,26H,3,10,24H2,1-2H3/t11-/m1/s1. The average Bonchev–Trinajstić information content (AvgIpc) is 3.05. The summed E-state index contributed by atoms with van der Waals surface area (Å²) in [5.41, 5.74) is 5.23. The molecule has 1 aromatic heterocycles. The average molecular weight is 444 g/mol. The molecule has 6 nitrogen and oxygen atoms in total. The number of fused-ring (bicyclic) bond motifs is 1. The molecule has 162 valence electrons. The Bertz CT molecular complexity index is 1190. The Morgan fingerprint density at radius 3 is 2.50 bits per heavy atom. The molecule has 0 saturated heterocycles. The number of alkyl halides is 3. The van der Waals surface area contributed by atoms with Crippen LogP contribution in [0.15, 0.2) is 41.3 Å². The van der Waals surface area contributed by atoms with Gasteiger partial charge in [-0.15, -0.1) is 0 Å². The molecule has 0 amide bonds. The molecular formula is C19H20F4N4O2S. The van der Waals surface area contributed by atoms with E-state index in [0.717, 1.165) is 30.3 Å². The molecule has 0 unspecified atom stereocenters. The molecule has 11 heteroatoms. The number of benzene rings is 2. The second-order valence-electron chi connectivity index (χ2n) is 6.72. The second kappa shape index (κ2) is 7.97. The van der Waals surface area contributed by atoms with Crippen LogP contribution in [0.2, 0.25) is 0 Å². The van der Waals surface area contributed by atoms with E-state index >= 15 is 0 Å². The first-order chi connectivity index (χ1) is 14.0. The van der Waals surface area contributed by atoms with E-state index < -0.39 is 33.6 Å². The molecule has 2 aromatic carbocycles. The van der Waals surface area contributed by atoms with Gasteiger partial charge in [-0.3, -0.25) is 0 Å².